The second kappa shape index (κ2) is 7.05. The minimum absolute atomic E-state index is 0.0333. The number of benzene rings is 1. The molecular formula is C20H19N5O2S. The van der Waals surface area contributed by atoms with Gasteiger partial charge in [0.2, 0.25) is 11.7 Å². The van der Waals surface area contributed by atoms with E-state index in [1.54, 1.807) is 11.5 Å². The van der Waals surface area contributed by atoms with Gasteiger partial charge in [0.1, 0.15) is 6.54 Å². The Labute approximate surface area is 165 Å². The number of aromatic nitrogens is 4. The minimum Gasteiger partial charge on any atom is -0.324 e. The van der Waals surface area contributed by atoms with E-state index in [9.17, 15) is 9.59 Å². The molecule has 0 aliphatic rings. The molecule has 0 saturated carbocycles. The number of nitrogens with zero attached hydrogens (tertiary/aromatic N) is 4. The predicted octanol–water partition coefficient (Wildman–Crippen LogP) is 3.18. The van der Waals surface area contributed by atoms with Gasteiger partial charge in [-0.15, -0.1) is 16.4 Å². The molecule has 28 heavy (non-hydrogen) atoms. The summed E-state index contributed by atoms with van der Waals surface area (Å²) in [7, 11) is 0. The summed E-state index contributed by atoms with van der Waals surface area (Å²) < 4.78 is 2.94. The molecule has 0 aliphatic carbocycles. The van der Waals surface area contributed by atoms with Gasteiger partial charge in [0.15, 0.2) is 5.82 Å². The van der Waals surface area contributed by atoms with Crippen molar-refractivity contribution in [2.45, 2.75) is 27.3 Å². The maximum Gasteiger partial charge on any atom is 0.275 e. The molecule has 8 heteroatoms. The van der Waals surface area contributed by atoms with E-state index in [1.165, 1.54) is 21.9 Å². The van der Waals surface area contributed by atoms with Crippen LogP contribution in [0, 0.1) is 20.8 Å². The number of hydrogen-bond donors (Lipinski definition) is 1. The molecule has 0 spiro atoms. The molecule has 4 aromatic rings. The van der Waals surface area contributed by atoms with Crippen molar-refractivity contribution < 1.29 is 4.79 Å². The van der Waals surface area contributed by atoms with E-state index in [0.29, 0.717) is 17.3 Å². The average Bonchev–Trinajstić information content (AvgIpc) is 3.32. The van der Waals surface area contributed by atoms with Crippen molar-refractivity contribution in [1.82, 2.24) is 19.2 Å². The van der Waals surface area contributed by atoms with E-state index >= 15 is 0 Å². The lowest BCUT2D eigenvalue weighted by atomic mass is 10.1. The maximum atomic E-state index is 12.7. The van der Waals surface area contributed by atoms with Crippen molar-refractivity contribution >= 4 is 28.7 Å². The van der Waals surface area contributed by atoms with Crippen molar-refractivity contribution in [2.24, 2.45) is 0 Å². The molecule has 7 nitrogen and oxygen atoms in total. The van der Waals surface area contributed by atoms with E-state index in [4.69, 9.17) is 0 Å². The first-order valence-electron chi connectivity index (χ1n) is 8.81. The summed E-state index contributed by atoms with van der Waals surface area (Å²) in [6.07, 6.45) is 0. The van der Waals surface area contributed by atoms with Gasteiger partial charge in [0.25, 0.3) is 5.56 Å². The van der Waals surface area contributed by atoms with Gasteiger partial charge in [0, 0.05) is 17.4 Å². The molecule has 0 aliphatic heterocycles. The lowest BCUT2D eigenvalue weighted by molar-refractivity contribution is -0.116. The first-order valence-corrected chi connectivity index (χ1v) is 9.69. The summed E-state index contributed by atoms with van der Waals surface area (Å²) in [4.78, 5) is 30.4. The van der Waals surface area contributed by atoms with Crippen LogP contribution in [0.4, 0.5) is 5.69 Å². The van der Waals surface area contributed by atoms with Crippen LogP contribution >= 0.6 is 11.3 Å². The monoisotopic (exact) mass is 393 g/mol. The number of hydrogen-bond acceptors (Lipinski definition) is 5. The molecule has 0 atom stereocenters. The minimum atomic E-state index is -0.269. The molecule has 0 fully saturated rings. The van der Waals surface area contributed by atoms with E-state index in [-0.39, 0.29) is 18.0 Å². The zero-order chi connectivity index (χ0) is 19.8. The fourth-order valence-corrected chi connectivity index (χ4v) is 3.68. The maximum absolute atomic E-state index is 12.7. The second-order valence-corrected chi connectivity index (χ2v) is 7.58. The lowest BCUT2D eigenvalue weighted by Crippen LogP contribution is -2.25. The predicted molar refractivity (Wildman–Crippen MR) is 110 cm³/mol. The molecule has 3 aromatic heterocycles. The highest BCUT2D eigenvalue weighted by Gasteiger charge is 2.16. The zero-order valence-electron chi connectivity index (χ0n) is 15.8. The van der Waals surface area contributed by atoms with Gasteiger partial charge >= 0.3 is 0 Å². The van der Waals surface area contributed by atoms with E-state index < -0.39 is 0 Å². The zero-order valence-corrected chi connectivity index (χ0v) is 16.6. The quantitative estimate of drug-likeness (QED) is 0.577. The third-order valence-corrected chi connectivity index (χ3v) is 5.59. The summed E-state index contributed by atoms with van der Waals surface area (Å²) >= 11 is 1.50. The third kappa shape index (κ3) is 3.22. The van der Waals surface area contributed by atoms with Crippen LogP contribution < -0.4 is 10.9 Å². The van der Waals surface area contributed by atoms with Gasteiger partial charge in [-0.25, -0.2) is 0 Å². The van der Waals surface area contributed by atoms with Crippen LogP contribution in [0.5, 0.6) is 0 Å². The number of nitrogens with one attached hydrogen (secondary N) is 1. The van der Waals surface area contributed by atoms with Gasteiger partial charge in [-0.1, -0.05) is 18.2 Å². The summed E-state index contributed by atoms with van der Waals surface area (Å²) in [5.74, 6) is 0.633. The molecule has 0 bridgehead atoms. The summed E-state index contributed by atoms with van der Waals surface area (Å²) in [5, 5.41) is 9.20. The molecule has 142 valence electrons. The van der Waals surface area contributed by atoms with Crippen LogP contribution in [0.15, 0.2) is 46.6 Å². The van der Waals surface area contributed by atoms with E-state index in [2.05, 4.69) is 15.4 Å². The van der Waals surface area contributed by atoms with Crippen molar-refractivity contribution in [3.63, 3.8) is 0 Å². The lowest BCUT2D eigenvalue weighted by Gasteiger charge is -2.13. The highest BCUT2D eigenvalue weighted by Crippen LogP contribution is 2.22. The Hall–Kier alpha value is -3.26. The van der Waals surface area contributed by atoms with Crippen LogP contribution in [0.3, 0.4) is 0 Å². The smallest absolute Gasteiger partial charge is 0.275 e. The molecule has 3 heterocycles. The molecule has 0 unspecified atom stereocenters. The Morgan fingerprint density at radius 3 is 2.75 bits per heavy atom. The van der Waals surface area contributed by atoms with Gasteiger partial charge in [-0.05, 0) is 49.4 Å². The van der Waals surface area contributed by atoms with Crippen LogP contribution in [0.2, 0.25) is 0 Å². The highest BCUT2D eigenvalue weighted by atomic mass is 32.1. The van der Waals surface area contributed by atoms with E-state index in [1.807, 2.05) is 49.6 Å². The standard InChI is InChI=1S/C20H19N5O2S/c1-12-6-4-7-15(14(12)3)21-17(26)11-24-13(2)10-18(27)25-20(24)22-19(23-25)16-8-5-9-28-16/h4-10H,11H2,1-3H3,(H,21,26). The molecule has 0 saturated heterocycles. The Morgan fingerprint density at radius 2 is 2.00 bits per heavy atom. The third-order valence-electron chi connectivity index (χ3n) is 4.72. The highest BCUT2D eigenvalue weighted by molar-refractivity contribution is 7.13. The van der Waals surface area contributed by atoms with Gasteiger partial charge in [-0.2, -0.15) is 9.50 Å². The van der Waals surface area contributed by atoms with Crippen LogP contribution in [-0.4, -0.2) is 25.1 Å². The van der Waals surface area contributed by atoms with Crippen molar-refractivity contribution in [1.29, 1.82) is 0 Å². The van der Waals surface area contributed by atoms with Crippen molar-refractivity contribution in [2.75, 3.05) is 5.32 Å². The molecule has 4 rings (SSSR count). The molecule has 1 amide bonds. The Bertz CT molecular complexity index is 1240. The number of anilines is 1. The van der Waals surface area contributed by atoms with Gasteiger partial charge < -0.3 is 9.88 Å². The second-order valence-electron chi connectivity index (χ2n) is 6.63. The fourth-order valence-electron chi connectivity index (χ4n) is 3.03. The average molecular weight is 393 g/mol. The normalized spacial score (nSPS) is 11.1. The van der Waals surface area contributed by atoms with E-state index in [0.717, 1.165) is 21.7 Å². The molecule has 1 N–H and O–H groups in total. The van der Waals surface area contributed by atoms with Crippen LogP contribution in [-0.2, 0) is 11.3 Å². The summed E-state index contributed by atoms with van der Waals surface area (Å²) in [5.41, 5.74) is 3.30. The number of fused-ring (bicyclic) bond motifs is 1. The SMILES string of the molecule is Cc1cccc(NC(=O)Cn2c(C)cc(=O)n3nc(-c4cccs4)nc23)c1C. The number of carbonyl (C=O) groups is 1. The topological polar surface area (TPSA) is 81.3 Å². The number of aryl methyl sites for hydroxylation is 2. The van der Waals surface area contributed by atoms with Crippen LogP contribution in [0.25, 0.3) is 16.5 Å². The largest absolute Gasteiger partial charge is 0.324 e. The summed E-state index contributed by atoms with van der Waals surface area (Å²) in [6.45, 7) is 5.79. The number of carbonyl (C=O) groups excluding carboxylic acids is 1. The molecule has 0 radical (unpaired) electrons. The first-order chi connectivity index (χ1) is 13.4. The Balaban J connectivity index is 1.71. The first kappa shape index (κ1) is 18.1. The van der Waals surface area contributed by atoms with Gasteiger partial charge in [0.05, 0.1) is 4.88 Å². The number of amides is 1. The number of thiophene rings is 1. The Morgan fingerprint density at radius 1 is 1.18 bits per heavy atom. The van der Waals surface area contributed by atoms with Gasteiger partial charge in [-0.3, -0.25) is 9.59 Å². The van der Waals surface area contributed by atoms with Crippen molar-refractivity contribution in [3.8, 4) is 10.7 Å². The van der Waals surface area contributed by atoms with Crippen molar-refractivity contribution in [3.05, 3.63) is 69.0 Å². The number of rotatable bonds is 4. The Kier molecular flexibility index (Phi) is 4.56. The molecular weight excluding hydrogens is 374 g/mol. The molecule has 1 aromatic carbocycles. The fraction of sp³-hybridized carbons (Fsp3) is 0.200. The summed E-state index contributed by atoms with van der Waals surface area (Å²) in [6, 6.07) is 11.1. The van der Waals surface area contributed by atoms with Crippen LogP contribution in [0.1, 0.15) is 16.8 Å².